The van der Waals surface area contributed by atoms with E-state index >= 15 is 0 Å². The highest BCUT2D eigenvalue weighted by molar-refractivity contribution is 7.92. The molecule has 1 N–H and O–H groups in total. The van der Waals surface area contributed by atoms with Crippen LogP contribution in [0.1, 0.15) is 31.9 Å². The predicted octanol–water partition coefficient (Wildman–Crippen LogP) is 6.62. The minimum Gasteiger partial charge on any atom is -0.350 e. The van der Waals surface area contributed by atoms with Crippen LogP contribution in [0, 0.1) is 0 Å². The summed E-state index contributed by atoms with van der Waals surface area (Å²) >= 11 is 24.9. The summed E-state index contributed by atoms with van der Waals surface area (Å²) in [6, 6.07) is 17.3. The Kier molecular flexibility index (Phi) is 11.0. The van der Waals surface area contributed by atoms with Gasteiger partial charge in [-0.3, -0.25) is 13.9 Å². The lowest BCUT2D eigenvalue weighted by molar-refractivity contribution is -0.140. The third-order valence-electron chi connectivity index (χ3n) is 5.98. The van der Waals surface area contributed by atoms with E-state index in [9.17, 15) is 18.0 Å². The average molecular weight is 659 g/mol. The van der Waals surface area contributed by atoms with Crippen molar-refractivity contribution >= 4 is 73.9 Å². The molecule has 0 saturated carbocycles. The quantitative estimate of drug-likeness (QED) is 0.265. The largest absolute Gasteiger partial charge is 0.350 e. The van der Waals surface area contributed by atoms with Gasteiger partial charge in [-0.1, -0.05) is 82.8 Å². The number of benzene rings is 3. The Morgan fingerprint density at radius 1 is 0.878 bits per heavy atom. The fourth-order valence-corrected chi connectivity index (χ4v) is 6.01. The van der Waals surface area contributed by atoms with Crippen molar-refractivity contribution < 1.29 is 18.0 Å². The second kappa shape index (κ2) is 13.7. The van der Waals surface area contributed by atoms with E-state index in [4.69, 9.17) is 46.4 Å². The Hall–Kier alpha value is -2.49. The van der Waals surface area contributed by atoms with Crippen LogP contribution in [0.25, 0.3) is 0 Å². The van der Waals surface area contributed by atoms with Crippen LogP contribution in [0.4, 0.5) is 5.69 Å². The highest BCUT2D eigenvalue weighted by atomic mass is 35.5. The highest BCUT2D eigenvalue weighted by Crippen LogP contribution is 2.31. The molecular weight excluding hydrogens is 628 g/mol. The second-order valence-corrected chi connectivity index (χ2v) is 14.2. The molecule has 0 heterocycles. The normalized spacial score (nSPS) is 12.5. The summed E-state index contributed by atoms with van der Waals surface area (Å²) in [6.07, 6.45) is 1.14. The minimum atomic E-state index is -3.99. The average Bonchev–Trinajstić information content (AvgIpc) is 2.85. The van der Waals surface area contributed by atoms with Gasteiger partial charge in [0, 0.05) is 33.6 Å². The van der Waals surface area contributed by atoms with Gasteiger partial charge in [0.05, 0.1) is 17.0 Å². The molecule has 3 aromatic carbocycles. The van der Waals surface area contributed by atoms with Gasteiger partial charge >= 0.3 is 0 Å². The summed E-state index contributed by atoms with van der Waals surface area (Å²) in [5.74, 6) is -1.05. The lowest BCUT2D eigenvalue weighted by Gasteiger charge is -2.35. The monoisotopic (exact) mass is 657 g/mol. The summed E-state index contributed by atoms with van der Waals surface area (Å²) in [6.45, 7) is 4.79. The molecule has 0 aliphatic heterocycles. The van der Waals surface area contributed by atoms with Crippen LogP contribution < -0.4 is 9.62 Å². The number of amides is 2. The molecule has 0 aliphatic rings. The van der Waals surface area contributed by atoms with Crippen LogP contribution in [0.3, 0.4) is 0 Å². The smallest absolute Gasteiger partial charge is 0.244 e. The number of hydrogen-bond acceptors (Lipinski definition) is 4. The molecular formula is C29H31Cl4N3O4S. The molecule has 0 spiro atoms. The number of nitrogens with zero attached hydrogens (tertiary/aromatic N) is 2. The van der Waals surface area contributed by atoms with Crippen molar-refractivity contribution in [3.63, 3.8) is 0 Å². The number of carbonyl (C=O) groups is 2. The topological polar surface area (TPSA) is 86.8 Å². The maximum absolute atomic E-state index is 14.1. The van der Waals surface area contributed by atoms with E-state index in [2.05, 4.69) is 5.32 Å². The van der Waals surface area contributed by atoms with Crippen LogP contribution in [0.5, 0.6) is 0 Å². The van der Waals surface area contributed by atoms with Gasteiger partial charge in [-0.05, 0) is 62.2 Å². The summed E-state index contributed by atoms with van der Waals surface area (Å²) < 4.78 is 26.7. The SMILES string of the molecule is CC(C)(C)NC(=O)[C@@H](Cc1ccccc1)N(Cc1ccc(Cl)cc1Cl)C(=O)CN(c1ccc(Cl)cc1Cl)S(C)(=O)=O. The first kappa shape index (κ1) is 33.0. The fraction of sp³-hybridized carbons (Fsp3) is 0.310. The molecule has 7 nitrogen and oxygen atoms in total. The van der Waals surface area contributed by atoms with Crippen LogP contribution in [0.15, 0.2) is 66.7 Å². The zero-order valence-electron chi connectivity index (χ0n) is 23.0. The fourth-order valence-electron chi connectivity index (χ4n) is 4.12. The molecule has 0 fully saturated rings. The molecule has 2 amide bonds. The first-order valence-corrected chi connectivity index (χ1v) is 15.9. The highest BCUT2D eigenvalue weighted by Gasteiger charge is 2.35. The van der Waals surface area contributed by atoms with Crippen molar-refractivity contribution in [3.8, 4) is 0 Å². The maximum atomic E-state index is 14.1. The van der Waals surface area contributed by atoms with Gasteiger partial charge in [-0.2, -0.15) is 0 Å². The summed E-state index contributed by atoms with van der Waals surface area (Å²) in [5, 5.41) is 4.02. The van der Waals surface area contributed by atoms with Gasteiger partial charge in [-0.15, -0.1) is 0 Å². The zero-order valence-corrected chi connectivity index (χ0v) is 26.8. The molecule has 3 rings (SSSR count). The van der Waals surface area contributed by atoms with Crippen LogP contribution >= 0.6 is 46.4 Å². The number of carbonyl (C=O) groups excluding carboxylic acids is 2. The maximum Gasteiger partial charge on any atom is 0.244 e. The van der Waals surface area contributed by atoms with Gasteiger partial charge in [0.15, 0.2) is 0 Å². The van der Waals surface area contributed by atoms with Gasteiger partial charge < -0.3 is 10.2 Å². The number of halogens is 4. The Morgan fingerprint density at radius 2 is 1.46 bits per heavy atom. The van der Waals surface area contributed by atoms with E-state index in [0.717, 1.165) is 16.1 Å². The van der Waals surface area contributed by atoms with E-state index in [1.807, 2.05) is 51.1 Å². The Bertz CT molecular complexity index is 1510. The first-order valence-electron chi connectivity index (χ1n) is 12.6. The van der Waals surface area contributed by atoms with Gasteiger partial charge in [0.25, 0.3) is 0 Å². The Balaban J connectivity index is 2.12. The number of rotatable bonds is 10. The molecule has 12 heteroatoms. The van der Waals surface area contributed by atoms with E-state index < -0.39 is 40.0 Å². The molecule has 0 unspecified atom stereocenters. The van der Waals surface area contributed by atoms with Crippen LogP contribution in [-0.2, 0) is 32.6 Å². The standard InChI is InChI=1S/C29H31Cl4N3O4S/c1-29(2,3)34-28(38)26(14-19-8-6-5-7-9-19)35(17-20-10-11-21(30)15-23(20)32)27(37)18-36(41(4,39)40)25-13-12-22(31)16-24(25)33/h5-13,15-16,26H,14,17-18H2,1-4H3,(H,34,38)/t26-/m1/s1. The summed E-state index contributed by atoms with van der Waals surface area (Å²) in [5.41, 5.74) is 0.813. The molecule has 1 atom stereocenters. The molecule has 0 aromatic heterocycles. The minimum absolute atomic E-state index is 0.0503. The molecule has 0 saturated heterocycles. The number of nitrogens with one attached hydrogen (secondary N) is 1. The Morgan fingerprint density at radius 3 is 2.00 bits per heavy atom. The molecule has 0 radical (unpaired) electrons. The van der Waals surface area contributed by atoms with Crippen molar-refractivity contribution in [2.75, 3.05) is 17.1 Å². The zero-order chi connectivity index (χ0) is 30.5. The van der Waals surface area contributed by atoms with E-state index in [1.165, 1.54) is 23.1 Å². The van der Waals surface area contributed by atoms with Crippen LogP contribution in [0.2, 0.25) is 20.1 Å². The number of anilines is 1. The lowest BCUT2D eigenvalue weighted by atomic mass is 10.0. The Labute approximate surface area is 261 Å². The lowest BCUT2D eigenvalue weighted by Crippen LogP contribution is -2.56. The molecule has 220 valence electrons. The third-order valence-corrected chi connectivity index (χ3v) is 8.23. The van der Waals surface area contributed by atoms with Gasteiger partial charge in [-0.25, -0.2) is 8.42 Å². The van der Waals surface area contributed by atoms with E-state index in [0.29, 0.717) is 20.6 Å². The van der Waals surface area contributed by atoms with Gasteiger partial charge in [0.2, 0.25) is 21.8 Å². The van der Waals surface area contributed by atoms with Crippen molar-refractivity contribution in [1.82, 2.24) is 10.2 Å². The summed E-state index contributed by atoms with van der Waals surface area (Å²) in [7, 11) is -3.99. The molecule has 3 aromatic rings. The summed E-state index contributed by atoms with van der Waals surface area (Å²) in [4.78, 5) is 29.2. The van der Waals surface area contributed by atoms with E-state index in [-0.39, 0.29) is 23.7 Å². The molecule has 0 bridgehead atoms. The van der Waals surface area contributed by atoms with Crippen molar-refractivity contribution in [1.29, 1.82) is 0 Å². The number of hydrogen-bond donors (Lipinski definition) is 1. The molecule has 41 heavy (non-hydrogen) atoms. The van der Waals surface area contributed by atoms with Crippen molar-refractivity contribution in [3.05, 3.63) is 97.9 Å². The second-order valence-electron chi connectivity index (χ2n) is 10.6. The number of sulfonamides is 1. The molecule has 0 aliphatic carbocycles. The third kappa shape index (κ3) is 9.51. The first-order chi connectivity index (χ1) is 19.0. The van der Waals surface area contributed by atoms with E-state index in [1.54, 1.807) is 18.2 Å². The van der Waals surface area contributed by atoms with Crippen molar-refractivity contribution in [2.45, 2.75) is 45.3 Å². The van der Waals surface area contributed by atoms with Crippen LogP contribution in [-0.4, -0.2) is 49.5 Å². The predicted molar refractivity (Wildman–Crippen MR) is 167 cm³/mol. The van der Waals surface area contributed by atoms with Gasteiger partial charge in [0.1, 0.15) is 12.6 Å². The van der Waals surface area contributed by atoms with Crippen molar-refractivity contribution in [2.24, 2.45) is 0 Å².